The standard InChI is InChI=1S/C18H22N2O3S2/c1-13-3-6-16(7-4-13)25(22,23)20-11-9-15(10-12-20)19-18(21)17-8-5-14(2)24-17/h3-8,15H,9-12H2,1-2H3,(H,19,21). The highest BCUT2D eigenvalue weighted by Crippen LogP contribution is 2.22. The highest BCUT2D eigenvalue weighted by Gasteiger charge is 2.30. The molecule has 1 aromatic heterocycles. The minimum absolute atomic E-state index is 0.0133. The fraction of sp³-hybridized carbons (Fsp3) is 0.389. The molecule has 0 bridgehead atoms. The van der Waals surface area contributed by atoms with Gasteiger partial charge in [0, 0.05) is 24.0 Å². The Morgan fingerprint density at radius 1 is 1.08 bits per heavy atom. The fourth-order valence-corrected chi connectivity index (χ4v) is 5.15. The number of carbonyl (C=O) groups excluding carboxylic acids is 1. The first-order chi connectivity index (χ1) is 11.9. The van der Waals surface area contributed by atoms with Crippen molar-refractivity contribution >= 4 is 27.3 Å². The number of sulfonamides is 1. The van der Waals surface area contributed by atoms with E-state index in [9.17, 15) is 13.2 Å². The van der Waals surface area contributed by atoms with Crippen molar-refractivity contribution in [2.75, 3.05) is 13.1 Å². The van der Waals surface area contributed by atoms with Crippen LogP contribution in [0.5, 0.6) is 0 Å². The molecular weight excluding hydrogens is 356 g/mol. The number of rotatable bonds is 4. The molecule has 1 aromatic carbocycles. The summed E-state index contributed by atoms with van der Waals surface area (Å²) in [6.07, 6.45) is 1.25. The second-order valence-corrected chi connectivity index (χ2v) is 9.60. The summed E-state index contributed by atoms with van der Waals surface area (Å²) in [5.41, 5.74) is 1.03. The van der Waals surface area contributed by atoms with Gasteiger partial charge in [-0.3, -0.25) is 4.79 Å². The van der Waals surface area contributed by atoms with Gasteiger partial charge < -0.3 is 5.32 Å². The quantitative estimate of drug-likeness (QED) is 0.889. The zero-order chi connectivity index (χ0) is 18.0. The molecule has 1 N–H and O–H groups in total. The Bertz CT molecular complexity index is 849. The number of amides is 1. The van der Waals surface area contributed by atoms with Crippen LogP contribution in [-0.4, -0.2) is 37.8 Å². The third-order valence-electron chi connectivity index (χ3n) is 4.41. The Labute approximate surface area is 152 Å². The summed E-state index contributed by atoms with van der Waals surface area (Å²) in [6.45, 7) is 4.74. The molecule has 1 saturated heterocycles. The summed E-state index contributed by atoms with van der Waals surface area (Å²) in [6, 6.07) is 10.7. The van der Waals surface area contributed by atoms with Crippen LogP contribution in [0.15, 0.2) is 41.3 Å². The molecule has 5 nitrogen and oxygen atoms in total. The summed E-state index contributed by atoms with van der Waals surface area (Å²) in [5.74, 6) is -0.0714. The van der Waals surface area contributed by atoms with Gasteiger partial charge in [0.05, 0.1) is 9.77 Å². The van der Waals surface area contributed by atoms with E-state index in [2.05, 4.69) is 5.32 Å². The first-order valence-corrected chi connectivity index (χ1v) is 10.6. The molecule has 1 aliphatic heterocycles. The van der Waals surface area contributed by atoms with Gasteiger partial charge in [0.1, 0.15) is 0 Å². The molecule has 25 heavy (non-hydrogen) atoms. The first kappa shape index (κ1) is 18.1. The number of thiophene rings is 1. The summed E-state index contributed by atoms with van der Waals surface area (Å²) in [5, 5.41) is 3.02. The van der Waals surface area contributed by atoms with Gasteiger partial charge in [-0.05, 0) is 51.0 Å². The molecule has 134 valence electrons. The van der Waals surface area contributed by atoms with Crippen LogP contribution >= 0.6 is 11.3 Å². The molecular formula is C18H22N2O3S2. The molecule has 0 atom stereocenters. The van der Waals surface area contributed by atoms with Gasteiger partial charge in [0.15, 0.2) is 0 Å². The predicted molar refractivity (Wildman–Crippen MR) is 99.5 cm³/mol. The van der Waals surface area contributed by atoms with Crippen molar-refractivity contribution in [2.24, 2.45) is 0 Å². The van der Waals surface area contributed by atoms with Gasteiger partial charge in [-0.25, -0.2) is 8.42 Å². The van der Waals surface area contributed by atoms with Crippen molar-refractivity contribution in [3.05, 3.63) is 51.7 Å². The number of hydrogen-bond acceptors (Lipinski definition) is 4. The van der Waals surface area contributed by atoms with Crippen molar-refractivity contribution in [1.82, 2.24) is 9.62 Å². The average molecular weight is 379 g/mol. The monoisotopic (exact) mass is 378 g/mol. The number of carbonyl (C=O) groups is 1. The second-order valence-electron chi connectivity index (χ2n) is 6.38. The van der Waals surface area contributed by atoms with Crippen molar-refractivity contribution in [2.45, 2.75) is 37.6 Å². The number of benzene rings is 1. The van der Waals surface area contributed by atoms with E-state index < -0.39 is 10.0 Å². The van der Waals surface area contributed by atoms with Crippen LogP contribution in [0.1, 0.15) is 33.0 Å². The van der Waals surface area contributed by atoms with Crippen molar-refractivity contribution in [3.8, 4) is 0 Å². The topological polar surface area (TPSA) is 66.5 Å². The van der Waals surface area contributed by atoms with Crippen LogP contribution in [0, 0.1) is 13.8 Å². The maximum atomic E-state index is 12.7. The minimum Gasteiger partial charge on any atom is -0.349 e. The minimum atomic E-state index is -3.46. The average Bonchev–Trinajstić information content (AvgIpc) is 3.02. The van der Waals surface area contributed by atoms with Gasteiger partial charge >= 0.3 is 0 Å². The lowest BCUT2D eigenvalue weighted by atomic mass is 10.1. The number of hydrogen-bond donors (Lipinski definition) is 1. The highest BCUT2D eigenvalue weighted by atomic mass is 32.2. The Balaban J connectivity index is 1.59. The smallest absolute Gasteiger partial charge is 0.261 e. The molecule has 1 aliphatic rings. The molecule has 1 fully saturated rings. The second kappa shape index (κ2) is 7.27. The molecule has 2 aromatic rings. The van der Waals surface area contributed by atoms with Crippen LogP contribution in [0.25, 0.3) is 0 Å². The van der Waals surface area contributed by atoms with Gasteiger partial charge in [-0.1, -0.05) is 17.7 Å². The zero-order valence-electron chi connectivity index (χ0n) is 14.4. The molecule has 0 aliphatic carbocycles. The summed E-state index contributed by atoms with van der Waals surface area (Å²) in [4.78, 5) is 14.4. The van der Waals surface area contributed by atoms with Crippen molar-refractivity contribution in [3.63, 3.8) is 0 Å². The maximum absolute atomic E-state index is 12.7. The molecule has 0 saturated carbocycles. The molecule has 2 heterocycles. The number of nitrogens with one attached hydrogen (secondary N) is 1. The lowest BCUT2D eigenvalue weighted by Gasteiger charge is -2.31. The number of aryl methyl sites for hydroxylation is 2. The first-order valence-electron chi connectivity index (χ1n) is 8.30. The summed E-state index contributed by atoms with van der Waals surface area (Å²) < 4.78 is 26.9. The number of piperidine rings is 1. The van der Waals surface area contributed by atoms with E-state index in [1.54, 1.807) is 12.1 Å². The van der Waals surface area contributed by atoms with E-state index in [-0.39, 0.29) is 11.9 Å². The Morgan fingerprint density at radius 3 is 2.28 bits per heavy atom. The SMILES string of the molecule is Cc1ccc(S(=O)(=O)N2CCC(NC(=O)c3ccc(C)s3)CC2)cc1. The van der Waals surface area contributed by atoms with E-state index in [4.69, 9.17) is 0 Å². The fourth-order valence-electron chi connectivity index (χ4n) is 2.91. The maximum Gasteiger partial charge on any atom is 0.261 e. The van der Waals surface area contributed by atoms with Crippen molar-refractivity contribution in [1.29, 1.82) is 0 Å². The van der Waals surface area contributed by atoms with E-state index in [0.717, 1.165) is 10.4 Å². The molecule has 3 rings (SSSR count). The van der Waals surface area contributed by atoms with Gasteiger partial charge in [0.2, 0.25) is 10.0 Å². The highest BCUT2D eigenvalue weighted by molar-refractivity contribution is 7.89. The summed E-state index contributed by atoms with van der Waals surface area (Å²) >= 11 is 1.47. The van der Waals surface area contributed by atoms with Gasteiger partial charge in [-0.2, -0.15) is 4.31 Å². The third-order valence-corrected chi connectivity index (χ3v) is 7.32. The van der Waals surface area contributed by atoms with Crippen LogP contribution in [-0.2, 0) is 10.0 Å². The Morgan fingerprint density at radius 2 is 1.72 bits per heavy atom. The van der Waals surface area contributed by atoms with E-state index in [0.29, 0.717) is 35.7 Å². The van der Waals surface area contributed by atoms with E-state index in [1.807, 2.05) is 38.1 Å². The molecule has 0 unspecified atom stereocenters. The number of nitrogens with zero attached hydrogens (tertiary/aromatic N) is 1. The van der Waals surface area contributed by atoms with Crippen molar-refractivity contribution < 1.29 is 13.2 Å². The van der Waals surface area contributed by atoms with Crippen LogP contribution in [0.2, 0.25) is 0 Å². The molecule has 7 heteroatoms. The Kier molecular flexibility index (Phi) is 5.27. The largest absolute Gasteiger partial charge is 0.349 e. The molecule has 1 amide bonds. The normalized spacial score (nSPS) is 16.7. The third kappa shape index (κ3) is 4.11. The lowest BCUT2D eigenvalue weighted by Crippen LogP contribution is -2.46. The Hall–Kier alpha value is -1.70. The zero-order valence-corrected chi connectivity index (χ0v) is 16.0. The van der Waals surface area contributed by atoms with E-state index in [1.165, 1.54) is 15.6 Å². The van der Waals surface area contributed by atoms with E-state index >= 15 is 0 Å². The lowest BCUT2D eigenvalue weighted by molar-refractivity contribution is 0.0928. The molecule has 0 radical (unpaired) electrons. The van der Waals surface area contributed by atoms with Gasteiger partial charge in [-0.15, -0.1) is 11.3 Å². The van der Waals surface area contributed by atoms with Crippen LogP contribution in [0.3, 0.4) is 0 Å². The predicted octanol–water partition coefficient (Wildman–Crippen LogP) is 2.95. The van der Waals surface area contributed by atoms with Crippen LogP contribution < -0.4 is 5.32 Å². The van der Waals surface area contributed by atoms with Crippen LogP contribution in [0.4, 0.5) is 0 Å². The summed E-state index contributed by atoms with van der Waals surface area (Å²) in [7, 11) is -3.46. The van der Waals surface area contributed by atoms with Gasteiger partial charge in [0.25, 0.3) is 5.91 Å². The molecule has 0 spiro atoms.